The minimum Gasteiger partial charge on any atom is -0.341 e. The van der Waals surface area contributed by atoms with Gasteiger partial charge in [0.1, 0.15) is 0 Å². The van der Waals surface area contributed by atoms with Gasteiger partial charge in [-0.05, 0) is 69.9 Å². The van der Waals surface area contributed by atoms with Crippen molar-refractivity contribution in [2.24, 2.45) is 11.3 Å². The van der Waals surface area contributed by atoms with Crippen LogP contribution in [0.15, 0.2) is 0 Å². The van der Waals surface area contributed by atoms with Gasteiger partial charge in [0.2, 0.25) is 11.8 Å². The van der Waals surface area contributed by atoms with Crippen LogP contribution in [0.5, 0.6) is 0 Å². The van der Waals surface area contributed by atoms with Crippen LogP contribution in [0, 0.1) is 11.3 Å². The lowest BCUT2D eigenvalue weighted by molar-refractivity contribution is -0.139. The average molecular weight is 390 g/mol. The standard InChI is InChI=1S/C23H39N3O2/c1-19(24-12-6-7-13-24)20-8-14-25(15-9-20)22(28)17-26-18-23(16-21(26)27)10-4-2-3-5-11-23/h19-20H,2-18H2,1H3/t19-/m0/s1. The number of hydrogen-bond acceptors (Lipinski definition) is 3. The molecule has 3 aliphatic heterocycles. The number of rotatable bonds is 4. The summed E-state index contributed by atoms with van der Waals surface area (Å²) in [5.41, 5.74) is 0.173. The Morgan fingerprint density at radius 3 is 2.29 bits per heavy atom. The molecule has 0 bridgehead atoms. The summed E-state index contributed by atoms with van der Waals surface area (Å²) in [7, 11) is 0. The van der Waals surface area contributed by atoms with Crippen molar-refractivity contribution in [2.45, 2.75) is 83.6 Å². The van der Waals surface area contributed by atoms with Crippen molar-refractivity contribution in [2.75, 3.05) is 39.3 Å². The minimum atomic E-state index is 0.172. The van der Waals surface area contributed by atoms with E-state index in [1.165, 1.54) is 64.5 Å². The second kappa shape index (κ2) is 8.73. The number of piperidine rings is 1. The van der Waals surface area contributed by atoms with E-state index in [2.05, 4.69) is 11.8 Å². The van der Waals surface area contributed by atoms with E-state index in [4.69, 9.17) is 0 Å². The van der Waals surface area contributed by atoms with Gasteiger partial charge in [-0.2, -0.15) is 0 Å². The molecule has 1 aliphatic carbocycles. The maximum absolute atomic E-state index is 12.9. The van der Waals surface area contributed by atoms with Crippen molar-refractivity contribution >= 4 is 11.8 Å². The monoisotopic (exact) mass is 389 g/mol. The summed E-state index contributed by atoms with van der Waals surface area (Å²) in [5, 5.41) is 0. The first-order valence-corrected chi connectivity index (χ1v) is 11.9. The molecule has 0 aromatic heterocycles. The summed E-state index contributed by atoms with van der Waals surface area (Å²) in [6.07, 6.45) is 13.0. The maximum Gasteiger partial charge on any atom is 0.242 e. The molecule has 0 radical (unpaired) electrons. The Hall–Kier alpha value is -1.10. The fraction of sp³-hybridized carbons (Fsp3) is 0.913. The Kier molecular flexibility index (Phi) is 6.29. The smallest absolute Gasteiger partial charge is 0.242 e. The first kappa shape index (κ1) is 20.2. The van der Waals surface area contributed by atoms with Crippen LogP contribution in [0.3, 0.4) is 0 Å². The zero-order valence-corrected chi connectivity index (χ0v) is 17.8. The molecule has 0 N–H and O–H groups in total. The third kappa shape index (κ3) is 4.39. The second-order valence-electron chi connectivity index (χ2n) is 10.0. The fourth-order valence-electron chi connectivity index (χ4n) is 6.28. The Morgan fingerprint density at radius 1 is 1.00 bits per heavy atom. The zero-order chi connectivity index (χ0) is 19.6. The first-order chi connectivity index (χ1) is 13.6. The van der Waals surface area contributed by atoms with E-state index < -0.39 is 0 Å². The van der Waals surface area contributed by atoms with Gasteiger partial charge >= 0.3 is 0 Å². The van der Waals surface area contributed by atoms with Gasteiger partial charge in [0.25, 0.3) is 0 Å². The predicted molar refractivity (Wildman–Crippen MR) is 111 cm³/mol. The lowest BCUT2D eigenvalue weighted by Gasteiger charge is -2.38. The molecule has 1 saturated carbocycles. The Bertz CT molecular complexity index is 556. The van der Waals surface area contributed by atoms with Crippen LogP contribution in [-0.4, -0.2) is 71.8 Å². The Morgan fingerprint density at radius 2 is 1.64 bits per heavy atom. The van der Waals surface area contributed by atoms with E-state index >= 15 is 0 Å². The SMILES string of the molecule is C[C@@H](C1CCN(C(=O)CN2CC3(CCCCCC3)CC2=O)CC1)N1CCCC1. The number of hydrogen-bond donors (Lipinski definition) is 0. The highest BCUT2D eigenvalue weighted by Gasteiger charge is 2.43. The van der Waals surface area contributed by atoms with Crippen molar-refractivity contribution in [3.05, 3.63) is 0 Å². The summed E-state index contributed by atoms with van der Waals surface area (Å²) < 4.78 is 0. The fourth-order valence-corrected chi connectivity index (χ4v) is 6.28. The average Bonchev–Trinajstić information content (AvgIpc) is 3.27. The first-order valence-electron chi connectivity index (χ1n) is 11.9. The van der Waals surface area contributed by atoms with E-state index in [1.807, 2.05) is 9.80 Å². The van der Waals surface area contributed by atoms with Gasteiger partial charge < -0.3 is 14.7 Å². The molecule has 158 valence electrons. The molecule has 3 saturated heterocycles. The molecule has 3 heterocycles. The van der Waals surface area contributed by atoms with E-state index in [-0.39, 0.29) is 17.2 Å². The number of amides is 2. The molecule has 4 aliphatic rings. The Balaban J connectivity index is 1.26. The van der Waals surface area contributed by atoms with Crippen LogP contribution in [0.1, 0.15) is 77.6 Å². The molecule has 2 amide bonds. The predicted octanol–water partition coefficient (Wildman–Crippen LogP) is 3.28. The van der Waals surface area contributed by atoms with Crippen molar-refractivity contribution in [3.8, 4) is 0 Å². The number of carbonyl (C=O) groups excluding carboxylic acids is 2. The van der Waals surface area contributed by atoms with Gasteiger partial charge in [0.15, 0.2) is 0 Å². The van der Waals surface area contributed by atoms with E-state index in [9.17, 15) is 9.59 Å². The van der Waals surface area contributed by atoms with Gasteiger partial charge in [-0.15, -0.1) is 0 Å². The molecule has 0 unspecified atom stereocenters. The van der Waals surface area contributed by atoms with E-state index in [0.717, 1.165) is 32.5 Å². The molecule has 4 fully saturated rings. The maximum atomic E-state index is 12.9. The summed E-state index contributed by atoms with van der Waals surface area (Å²) in [5.74, 6) is 1.10. The molecule has 1 atom stereocenters. The summed E-state index contributed by atoms with van der Waals surface area (Å²) in [4.78, 5) is 32.1. The quantitative estimate of drug-likeness (QED) is 0.741. The van der Waals surface area contributed by atoms with Crippen LogP contribution in [0.25, 0.3) is 0 Å². The van der Waals surface area contributed by atoms with Crippen LogP contribution in [0.4, 0.5) is 0 Å². The molecule has 5 nitrogen and oxygen atoms in total. The van der Waals surface area contributed by atoms with Gasteiger partial charge in [-0.3, -0.25) is 9.59 Å². The largest absolute Gasteiger partial charge is 0.341 e. The molecule has 28 heavy (non-hydrogen) atoms. The van der Waals surface area contributed by atoms with Crippen LogP contribution in [0.2, 0.25) is 0 Å². The van der Waals surface area contributed by atoms with Crippen molar-refractivity contribution in [1.82, 2.24) is 14.7 Å². The molecular formula is C23H39N3O2. The molecule has 1 spiro atoms. The topological polar surface area (TPSA) is 43.9 Å². The third-order valence-electron chi connectivity index (χ3n) is 8.19. The lowest BCUT2D eigenvalue weighted by atomic mass is 9.80. The van der Waals surface area contributed by atoms with Gasteiger partial charge in [0.05, 0.1) is 6.54 Å². The van der Waals surface area contributed by atoms with Crippen molar-refractivity contribution in [3.63, 3.8) is 0 Å². The minimum absolute atomic E-state index is 0.172. The normalized spacial score (nSPS) is 28.1. The van der Waals surface area contributed by atoms with Crippen LogP contribution >= 0.6 is 0 Å². The lowest BCUT2D eigenvalue weighted by Crippen LogP contribution is -2.48. The van der Waals surface area contributed by atoms with Gasteiger partial charge in [-0.25, -0.2) is 0 Å². The summed E-state index contributed by atoms with van der Waals surface area (Å²) in [6, 6.07) is 0.648. The number of nitrogens with zero attached hydrogens (tertiary/aromatic N) is 3. The molecule has 0 aromatic carbocycles. The summed E-state index contributed by atoms with van der Waals surface area (Å²) in [6.45, 7) is 7.75. The molecule has 5 heteroatoms. The zero-order valence-electron chi connectivity index (χ0n) is 17.8. The highest BCUT2D eigenvalue weighted by atomic mass is 16.2. The number of likely N-dealkylation sites (tertiary alicyclic amines) is 3. The van der Waals surface area contributed by atoms with E-state index in [1.54, 1.807) is 0 Å². The molecule has 0 aromatic rings. The Labute approximate surface area is 170 Å². The van der Waals surface area contributed by atoms with Crippen LogP contribution < -0.4 is 0 Å². The van der Waals surface area contributed by atoms with Gasteiger partial charge in [0, 0.05) is 32.1 Å². The van der Waals surface area contributed by atoms with Crippen molar-refractivity contribution in [1.29, 1.82) is 0 Å². The summed E-state index contributed by atoms with van der Waals surface area (Å²) >= 11 is 0. The van der Waals surface area contributed by atoms with E-state index in [0.29, 0.717) is 24.9 Å². The molecular weight excluding hydrogens is 350 g/mol. The number of carbonyl (C=O) groups is 2. The highest BCUT2D eigenvalue weighted by Crippen LogP contribution is 2.43. The second-order valence-corrected chi connectivity index (χ2v) is 10.0. The van der Waals surface area contributed by atoms with Crippen LogP contribution in [-0.2, 0) is 9.59 Å². The van der Waals surface area contributed by atoms with Crippen molar-refractivity contribution < 1.29 is 9.59 Å². The molecule has 4 rings (SSSR count). The third-order valence-corrected chi connectivity index (χ3v) is 8.19. The highest BCUT2D eigenvalue weighted by molar-refractivity contribution is 5.86. The van der Waals surface area contributed by atoms with Gasteiger partial charge in [-0.1, -0.05) is 25.7 Å².